The van der Waals surface area contributed by atoms with Gasteiger partial charge in [0.15, 0.2) is 15.9 Å². The molecule has 3 rings (SSSR count). The Morgan fingerprint density at radius 3 is 2.59 bits per heavy atom. The van der Waals surface area contributed by atoms with Crippen LogP contribution in [0.15, 0.2) is 37.4 Å². The number of hydrogen-bond acceptors (Lipinski definition) is 5. The van der Waals surface area contributed by atoms with E-state index in [1.54, 1.807) is 29.8 Å². The van der Waals surface area contributed by atoms with Crippen molar-refractivity contribution >= 4 is 38.9 Å². The van der Waals surface area contributed by atoms with Crippen molar-refractivity contribution in [1.29, 1.82) is 0 Å². The molecule has 0 N–H and O–H groups in total. The van der Waals surface area contributed by atoms with Crippen molar-refractivity contribution < 1.29 is 13.5 Å². The predicted octanol–water partition coefficient (Wildman–Crippen LogP) is 2.57. The largest absolute Gasteiger partial charge is 0.496 e. The van der Waals surface area contributed by atoms with Crippen molar-refractivity contribution in [2.45, 2.75) is 17.2 Å². The first-order chi connectivity index (χ1) is 12.7. The summed E-state index contributed by atoms with van der Waals surface area (Å²) in [7, 11) is 4.35. The second-order valence-electron chi connectivity index (χ2n) is 5.71. The third-order valence-electron chi connectivity index (χ3n) is 4.08. The van der Waals surface area contributed by atoms with Gasteiger partial charge in [-0.25, -0.2) is 9.78 Å². The number of ether oxygens (including phenoxy) is 1. The number of fused-ring (bicyclic) bond motifs is 1. The molecule has 0 spiro atoms. The first-order valence-corrected chi connectivity index (χ1v) is 9.35. The van der Waals surface area contributed by atoms with E-state index in [1.807, 2.05) is 0 Å². The lowest BCUT2D eigenvalue weighted by Gasteiger charge is -2.12. The van der Waals surface area contributed by atoms with Gasteiger partial charge in [0.2, 0.25) is 0 Å². The third kappa shape index (κ3) is 3.53. The van der Waals surface area contributed by atoms with Gasteiger partial charge in [0, 0.05) is 14.1 Å². The average molecular weight is 461 g/mol. The summed E-state index contributed by atoms with van der Waals surface area (Å²) in [5.74, 6) is -2.23. The van der Waals surface area contributed by atoms with Crippen LogP contribution in [-0.2, 0) is 20.6 Å². The van der Waals surface area contributed by atoms with Crippen molar-refractivity contribution in [3.8, 4) is 5.75 Å². The first kappa shape index (κ1) is 19.6. The zero-order chi connectivity index (χ0) is 19.9. The van der Waals surface area contributed by atoms with Crippen LogP contribution in [0.5, 0.6) is 5.75 Å². The van der Waals surface area contributed by atoms with Gasteiger partial charge in [0.05, 0.1) is 18.6 Å². The summed E-state index contributed by atoms with van der Waals surface area (Å²) in [6.45, 7) is 0.257. The van der Waals surface area contributed by atoms with Crippen LogP contribution in [0.3, 0.4) is 0 Å². The van der Waals surface area contributed by atoms with Crippen LogP contribution < -0.4 is 16.0 Å². The zero-order valence-electron chi connectivity index (χ0n) is 14.6. The number of methoxy groups -OCH3 is 1. The van der Waals surface area contributed by atoms with E-state index < -0.39 is 17.0 Å². The lowest BCUT2D eigenvalue weighted by molar-refractivity contribution is 0.251. The van der Waals surface area contributed by atoms with Gasteiger partial charge in [0.25, 0.3) is 11.3 Å². The molecule has 144 valence electrons. The van der Waals surface area contributed by atoms with Gasteiger partial charge >= 0.3 is 5.69 Å². The minimum atomic E-state index is -2.55. The van der Waals surface area contributed by atoms with Crippen LogP contribution in [0.1, 0.15) is 5.56 Å². The monoisotopic (exact) mass is 460 g/mol. The smallest absolute Gasteiger partial charge is 0.332 e. The van der Waals surface area contributed by atoms with Crippen LogP contribution in [0, 0.1) is 0 Å². The van der Waals surface area contributed by atoms with Gasteiger partial charge in [-0.05, 0) is 33.6 Å². The van der Waals surface area contributed by atoms with E-state index in [1.165, 1.54) is 18.7 Å². The van der Waals surface area contributed by atoms with E-state index in [0.29, 0.717) is 32.8 Å². The van der Waals surface area contributed by atoms with Crippen LogP contribution in [0.25, 0.3) is 11.2 Å². The Balaban J connectivity index is 2.11. The number of imidazole rings is 1. The Labute approximate surface area is 164 Å². The van der Waals surface area contributed by atoms with E-state index in [2.05, 4.69) is 20.9 Å². The van der Waals surface area contributed by atoms with E-state index in [-0.39, 0.29) is 12.1 Å². The molecule has 0 atom stereocenters. The quantitative estimate of drug-likeness (QED) is 0.432. The molecule has 7 nitrogen and oxygen atoms in total. The Hall–Kier alpha value is -2.14. The predicted molar refractivity (Wildman–Crippen MR) is 102 cm³/mol. The van der Waals surface area contributed by atoms with Crippen LogP contribution in [-0.4, -0.2) is 31.6 Å². The molecule has 27 heavy (non-hydrogen) atoms. The van der Waals surface area contributed by atoms with Crippen LogP contribution in [0.4, 0.5) is 8.78 Å². The standard InChI is InChI=1S/C16H15BrF2N4O3S/c1-21-12-11(13(24)22(2)16(21)25)20-14(17)23(12)7-8-4-5-10(27-15(18)19)9(6-8)26-3/h4-6,15H,7H2,1-3H3. The molecule has 2 aromatic heterocycles. The molecule has 0 radical (unpaired) electrons. The number of hydrogen-bond donors (Lipinski definition) is 0. The van der Waals surface area contributed by atoms with Crippen molar-refractivity contribution in [3.05, 3.63) is 49.3 Å². The van der Waals surface area contributed by atoms with Crippen molar-refractivity contribution in [2.75, 3.05) is 7.11 Å². The topological polar surface area (TPSA) is 71.1 Å². The van der Waals surface area contributed by atoms with Crippen LogP contribution >= 0.6 is 27.7 Å². The normalized spacial score (nSPS) is 11.5. The van der Waals surface area contributed by atoms with E-state index in [9.17, 15) is 18.4 Å². The van der Waals surface area contributed by atoms with Gasteiger partial charge in [-0.1, -0.05) is 17.8 Å². The highest BCUT2D eigenvalue weighted by Gasteiger charge is 2.18. The minimum Gasteiger partial charge on any atom is -0.496 e. The molecule has 0 aliphatic carbocycles. The molecule has 1 aromatic carbocycles. The maximum Gasteiger partial charge on any atom is 0.332 e. The molecule has 2 heterocycles. The molecular formula is C16H15BrF2N4O3S. The number of aryl methyl sites for hydroxylation is 1. The maximum atomic E-state index is 12.6. The number of alkyl halides is 2. The fourth-order valence-corrected chi connectivity index (χ4v) is 3.86. The Morgan fingerprint density at radius 2 is 1.96 bits per heavy atom. The lowest BCUT2D eigenvalue weighted by Crippen LogP contribution is -2.37. The number of rotatable bonds is 5. The molecule has 0 amide bonds. The molecule has 0 aliphatic rings. The van der Waals surface area contributed by atoms with Crippen molar-refractivity contribution in [1.82, 2.24) is 18.7 Å². The van der Waals surface area contributed by atoms with Gasteiger partial charge in [-0.2, -0.15) is 8.78 Å². The number of thioether (sulfide) groups is 1. The Bertz CT molecular complexity index is 1140. The average Bonchev–Trinajstić information content (AvgIpc) is 2.95. The van der Waals surface area contributed by atoms with Crippen molar-refractivity contribution in [3.63, 3.8) is 0 Å². The second-order valence-corrected chi connectivity index (χ2v) is 7.45. The molecule has 0 saturated heterocycles. The first-order valence-electron chi connectivity index (χ1n) is 7.68. The second kappa shape index (κ2) is 7.47. The highest BCUT2D eigenvalue weighted by molar-refractivity contribution is 9.10. The number of aromatic nitrogens is 4. The molecular weight excluding hydrogens is 446 g/mol. The summed E-state index contributed by atoms with van der Waals surface area (Å²) in [4.78, 5) is 29.1. The molecule has 0 fully saturated rings. The molecule has 0 bridgehead atoms. The molecule has 3 aromatic rings. The lowest BCUT2D eigenvalue weighted by atomic mass is 10.2. The number of halogens is 3. The fourth-order valence-electron chi connectivity index (χ4n) is 2.79. The highest BCUT2D eigenvalue weighted by Crippen LogP contribution is 2.34. The van der Waals surface area contributed by atoms with Gasteiger partial charge < -0.3 is 4.74 Å². The summed E-state index contributed by atoms with van der Waals surface area (Å²) < 4.78 is 34.9. The number of nitrogens with zero attached hydrogens (tertiary/aromatic N) is 4. The Kier molecular flexibility index (Phi) is 5.43. The highest BCUT2D eigenvalue weighted by atomic mass is 79.9. The SMILES string of the molecule is COc1cc(Cn2c(Br)nc3c(=O)n(C)c(=O)n(C)c32)ccc1SC(F)F. The maximum absolute atomic E-state index is 12.6. The molecule has 0 aliphatic heterocycles. The van der Waals surface area contributed by atoms with E-state index in [4.69, 9.17) is 4.74 Å². The summed E-state index contributed by atoms with van der Waals surface area (Å²) >= 11 is 3.72. The molecule has 0 unspecified atom stereocenters. The third-order valence-corrected chi connectivity index (χ3v) is 5.45. The summed E-state index contributed by atoms with van der Waals surface area (Å²) in [6, 6.07) is 4.88. The van der Waals surface area contributed by atoms with Gasteiger partial charge in [0.1, 0.15) is 5.75 Å². The van der Waals surface area contributed by atoms with Crippen LogP contribution in [0.2, 0.25) is 0 Å². The summed E-state index contributed by atoms with van der Waals surface area (Å²) in [6.07, 6.45) is 0. The summed E-state index contributed by atoms with van der Waals surface area (Å²) in [5, 5.41) is 0. The Morgan fingerprint density at radius 1 is 1.26 bits per heavy atom. The minimum absolute atomic E-state index is 0.156. The fraction of sp³-hybridized carbons (Fsp3) is 0.312. The van der Waals surface area contributed by atoms with E-state index in [0.717, 1.165) is 10.1 Å². The zero-order valence-corrected chi connectivity index (χ0v) is 17.0. The van der Waals surface area contributed by atoms with E-state index >= 15 is 0 Å². The van der Waals surface area contributed by atoms with Crippen molar-refractivity contribution in [2.24, 2.45) is 14.1 Å². The molecule has 0 saturated carbocycles. The molecule has 11 heteroatoms. The van der Waals surface area contributed by atoms with Gasteiger partial charge in [-0.15, -0.1) is 0 Å². The number of benzene rings is 1. The van der Waals surface area contributed by atoms with Gasteiger partial charge in [-0.3, -0.25) is 18.5 Å². The summed E-state index contributed by atoms with van der Waals surface area (Å²) in [5.41, 5.74) is 0.290.